The monoisotopic (exact) mass is 224 g/mol. The summed E-state index contributed by atoms with van der Waals surface area (Å²) in [5.41, 5.74) is 0.598. The molecule has 0 bridgehead atoms. The zero-order valence-electron chi connectivity index (χ0n) is 7.89. The van der Waals surface area contributed by atoms with E-state index in [1.165, 1.54) is 17.7 Å². The number of carboxylic acid groups (broad SMARTS) is 1. The molecule has 0 radical (unpaired) electrons. The summed E-state index contributed by atoms with van der Waals surface area (Å²) in [7, 11) is 0. The lowest BCUT2D eigenvalue weighted by molar-refractivity contribution is -0.134. The number of aromatic nitrogens is 3. The van der Waals surface area contributed by atoms with Gasteiger partial charge in [0.2, 0.25) is 0 Å². The van der Waals surface area contributed by atoms with Crippen LogP contribution in [0.3, 0.4) is 0 Å². The maximum atomic E-state index is 10.4. The van der Waals surface area contributed by atoms with Crippen LogP contribution in [0.5, 0.6) is 0 Å². The quantitative estimate of drug-likeness (QED) is 0.805. The van der Waals surface area contributed by atoms with Crippen molar-refractivity contribution in [1.82, 2.24) is 15.0 Å². The van der Waals surface area contributed by atoms with Crippen molar-refractivity contribution in [2.45, 2.75) is 6.92 Å². The van der Waals surface area contributed by atoms with Gasteiger partial charge in [-0.2, -0.15) is 0 Å². The highest BCUT2D eigenvalue weighted by Crippen LogP contribution is 2.25. The summed E-state index contributed by atoms with van der Waals surface area (Å²) < 4.78 is 0.788. The summed E-state index contributed by atoms with van der Waals surface area (Å²) in [5.74, 6) is -0.406. The minimum atomic E-state index is -0.928. The molecule has 0 saturated carbocycles. The van der Waals surface area contributed by atoms with Crippen molar-refractivity contribution in [3.63, 3.8) is 0 Å². The largest absolute Gasteiger partial charge is 0.480 e. The van der Waals surface area contributed by atoms with Gasteiger partial charge in [-0.1, -0.05) is 0 Å². The fraction of sp³-hybridized carbons (Fsp3) is 0.250. The molecule has 0 aromatic carbocycles. The topological polar surface area (TPSA) is 88.0 Å². The van der Waals surface area contributed by atoms with E-state index in [1.54, 1.807) is 0 Å². The molecule has 0 amide bonds. The lowest BCUT2D eigenvalue weighted by atomic mass is 10.5. The summed E-state index contributed by atoms with van der Waals surface area (Å²) >= 11 is 1.44. The average Bonchev–Trinajstić information content (AvgIpc) is 2.55. The van der Waals surface area contributed by atoms with E-state index in [0.717, 1.165) is 9.71 Å². The first-order valence-electron chi connectivity index (χ1n) is 4.20. The van der Waals surface area contributed by atoms with E-state index in [2.05, 4.69) is 20.3 Å². The van der Waals surface area contributed by atoms with Crippen molar-refractivity contribution >= 4 is 33.5 Å². The second-order valence-electron chi connectivity index (χ2n) is 2.86. The maximum Gasteiger partial charge on any atom is 0.322 e. The third-order valence-electron chi connectivity index (χ3n) is 1.71. The zero-order valence-corrected chi connectivity index (χ0v) is 8.71. The van der Waals surface area contributed by atoms with Crippen molar-refractivity contribution in [2.24, 2.45) is 0 Å². The Kier molecular flexibility index (Phi) is 2.46. The van der Waals surface area contributed by atoms with Crippen LogP contribution in [0.15, 0.2) is 6.33 Å². The molecule has 78 valence electrons. The minimum Gasteiger partial charge on any atom is -0.480 e. The van der Waals surface area contributed by atoms with Crippen molar-refractivity contribution in [1.29, 1.82) is 0 Å². The lowest BCUT2D eigenvalue weighted by Crippen LogP contribution is -2.13. The molecule has 2 rings (SSSR count). The number of aryl methyl sites for hydroxylation is 1. The first-order valence-corrected chi connectivity index (χ1v) is 5.02. The molecule has 0 aliphatic rings. The molecule has 2 aromatic rings. The predicted octanol–water partition coefficient (Wildman–Crippen LogP) is 0.891. The van der Waals surface area contributed by atoms with Crippen LogP contribution in [0.25, 0.3) is 10.3 Å². The van der Waals surface area contributed by atoms with Gasteiger partial charge in [0.25, 0.3) is 0 Å². The molecule has 2 heterocycles. The Morgan fingerprint density at radius 2 is 2.40 bits per heavy atom. The van der Waals surface area contributed by atoms with Crippen LogP contribution in [0.1, 0.15) is 5.01 Å². The number of carbonyl (C=O) groups is 1. The van der Waals surface area contributed by atoms with Gasteiger partial charge in [-0.15, -0.1) is 11.3 Å². The normalized spacial score (nSPS) is 10.5. The molecule has 2 aromatic heterocycles. The van der Waals surface area contributed by atoms with Crippen molar-refractivity contribution < 1.29 is 9.90 Å². The third-order valence-corrected chi connectivity index (χ3v) is 2.67. The number of rotatable bonds is 3. The van der Waals surface area contributed by atoms with Crippen LogP contribution >= 0.6 is 11.3 Å². The summed E-state index contributed by atoms with van der Waals surface area (Å²) in [6.45, 7) is 1.70. The van der Waals surface area contributed by atoms with Crippen LogP contribution in [0, 0.1) is 6.92 Å². The number of thiazole rings is 1. The van der Waals surface area contributed by atoms with Gasteiger partial charge in [0.05, 0.1) is 5.01 Å². The van der Waals surface area contributed by atoms with Crippen molar-refractivity contribution in [3.8, 4) is 0 Å². The van der Waals surface area contributed by atoms with Gasteiger partial charge in [-0.3, -0.25) is 4.79 Å². The number of nitrogens with one attached hydrogen (secondary N) is 1. The van der Waals surface area contributed by atoms with Gasteiger partial charge in [0.1, 0.15) is 23.4 Å². The van der Waals surface area contributed by atoms with Gasteiger partial charge in [-0.25, -0.2) is 15.0 Å². The molecule has 15 heavy (non-hydrogen) atoms. The first-order chi connectivity index (χ1) is 7.16. The van der Waals surface area contributed by atoms with E-state index in [9.17, 15) is 4.79 Å². The molecule has 6 nitrogen and oxygen atoms in total. The van der Waals surface area contributed by atoms with Crippen molar-refractivity contribution in [3.05, 3.63) is 11.3 Å². The Morgan fingerprint density at radius 3 is 3.13 bits per heavy atom. The Balaban J connectivity index is 2.37. The molecule has 0 aliphatic heterocycles. The number of hydrogen-bond acceptors (Lipinski definition) is 6. The number of nitrogens with zero attached hydrogens (tertiary/aromatic N) is 3. The van der Waals surface area contributed by atoms with Crippen LogP contribution in [0.4, 0.5) is 5.82 Å². The number of hydrogen-bond donors (Lipinski definition) is 2. The fourth-order valence-electron chi connectivity index (χ4n) is 1.14. The predicted molar refractivity (Wildman–Crippen MR) is 56.1 cm³/mol. The van der Waals surface area contributed by atoms with E-state index in [4.69, 9.17) is 5.11 Å². The van der Waals surface area contributed by atoms with E-state index < -0.39 is 5.97 Å². The molecule has 0 aliphatic carbocycles. The summed E-state index contributed by atoms with van der Waals surface area (Å²) in [4.78, 5) is 22.5. The van der Waals surface area contributed by atoms with Crippen LogP contribution in [-0.4, -0.2) is 32.6 Å². The Labute approximate surface area is 89.0 Å². The third kappa shape index (κ3) is 2.01. The van der Waals surface area contributed by atoms with Crippen LogP contribution in [-0.2, 0) is 4.79 Å². The summed E-state index contributed by atoms with van der Waals surface area (Å²) in [5, 5.41) is 12.1. The average molecular weight is 224 g/mol. The number of aliphatic carboxylic acids is 1. The van der Waals surface area contributed by atoms with Gasteiger partial charge >= 0.3 is 5.97 Å². The van der Waals surface area contributed by atoms with E-state index in [-0.39, 0.29) is 6.54 Å². The molecule has 2 N–H and O–H groups in total. The van der Waals surface area contributed by atoms with E-state index in [0.29, 0.717) is 11.5 Å². The number of carboxylic acids is 1. The number of anilines is 1. The molecule has 7 heteroatoms. The highest BCUT2D eigenvalue weighted by Gasteiger charge is 2.08. The van der Waals surface area contributed by atoms with Crippen LogP contribution in [0.2, 0.25) is 0 Å². The number of fused-ring (bicyclic) bond motifs is 1. The molecule has 0 unspecified atom stereocenters. The standard InChI is InChI=1S/C8H8N4O2S/c1-4-12-8-6(15-4)7(10-3-11-8)9-2-5(13)14/h3H,2H2,1H3,(H,13,14)(H,9,10,11). The molecule has 0 saturated heterocycles. The highest BCUT2D eigenvalue weighted by molar-refractivity contribution is 7.19. The Bertz CT molecular complexity index is 510. The molecule has 0 atom stereocenters. The van der Waals surface area contributed by atoms with E-state index in [1.807, 2.05) is 6.92 Å². The first kappa shape index (κ1) is 9.78. The smallest absolute Gasteiger partial charge is 0.322 e. The van der Waals surface area contributed by atoms with Gasteiger partial charge in [-0.05, 0) is 6.92 Å². The summed E-state index contributed by atoms with van der Waals surface area (Å²) in [6.07, 6.45) is 1.37. The van der Waals surface area contributed by atoms with Crippen molar-refractivity contribution in [2.75, 3.05) is 11.9 Å². The molecule has 0 spiro atoms. The SMILES string of the molecule is Cc1nc2ncnc(NCC(=O)O)c2s1. The Hall–Kier alpha value is -1.76. The maximum absolute atomic E-state index is 10.4. The highest BCUT2D eigenvalue weighted by atomic mass is 32.1. The lowest BCUT2D eigenvalue weighted by Gasteiger charge is -2.01. The van der Waals surface area contributed by atoms with Crippen LogP contribution < -0.4 is 5.32 Å². The Morgan fingerprint density at radius 1 is 1.60 bits per heavy atom. The van der Waals surface area contributed by atoms with Gasteiger partial charge in [0, 0.05) is 0 Å². The minimum absolute atomic E-state index is 0.164. The molecular formula is C8H8N4O2S. The second-order valence-corrected chi connectivity index (χ2v) is 4.06. The fourth-order valence-corrected chi connectivity index (χ4v) is 1.98. The molecular weight excluding hydrogens is 216 g/mol. The zero-order chi connectivity index (χ0) is 10.8. The van der Waals surface area contributed by atoms with E-state index >= 15 is 0 Å². The van der Waals surface area contributed by atoms with Gasteiger partial charge < -0.3 is 10.4 Å². The second kappa shape index (κ2) is 3.77. The van der Waals surface area contributed by atoms with Gasteiger partial charge in [0.15, 0.2) is 5.65 Å². The summed E-state index contributed by atoms with van der Waals surface area (Å²) in [6, 6.07) is 0. The molecule has 0 fully saturated rings.